The molecule has 0 fully saturated rings. The first-order chi connectivity index (χ1) is 8.94. The highest BCUT2D eigenvalue weighted by Gasteiger charge is 2.19. The first kappa shape index (κ1) is 13.2. The molecular formula is C10H8ClN5O2S. The minimum Gasteiger partial charge on any atom is -0.383 e. The highest BCUT2D eigenvalue weighted by atomic mass is 35.5. The quantitative estimate of drug-likeness (QED) is 0.788. The van der Waals surface area contributed by atoms with Crippen LogP contribution < -0.4 is 10.5 Å². The average Bonchev–Trinajstić information content (AvgIpc) is 2.78. The van der Waals surface area contributed by atoms with Gasteiger partial charge in [0, 0.05) is 0 Å². The highest BCUT2D eigenvalue weighted by molar-refractivity contribution is 7.92. The van der Waals surface area contributed by atoms with Gasteiger partial charge < -0.3 is 5.73 Å². The van der Waals surface area contributed by atoms with Crippen molar-refractivity contribution in [1.82, 2.24) is 10.2 Å². The van der Waals surface area contributed by atoms with Gasteiger partial charge in [-0.15, -0.1) is 0 Å². The molecule has 0 atom stereocenters. The SMILES string of the molecule is N#Cc1cc(NS(=O)(=O)c2cn[nH]c2N)ccc1Cl. The van der Waals surface area contributed by atoms with Gasteiger partial charge in [0.25, 0.3) is 10.0 Å². The maximum Gasteiger partial charge on any atom is 0.267 e. The number of anilines is 2. The second-order valence-corrected chi connectivity index (χ2v) is 5.62. The van der Waals surface area contributed by atoms with E-state index in [0.29, 0.717) is 0 Å². The lowest BCUT2D eigenvalue weighted by atomic mass is 10.2. The summed E-state index contributed by atoms with van der Waals surface area (Å²) in [7, 11) is -3.86. The van der Waals surface area contributed by atoms with Gasteiger partial charge >= 0.3 is 0 Å². The fourth-order valence-electron chi connectivity index (χ4n) is 1.38. The van der Waals surface area contributed by atoms with E-state index >= 15 is 0 Å². The third kappa shape index (κ3) is 2.62. The number of nitrogens with zero attached hydrogens (tertiary/aromatic N) is 2. The molecule has 2 rings (SSSR count). The van der Waals surface area contributed by atoms with Crippen LogP contribution >= 0.6 is 11.6 Å². The Morgan fingerprint density at radius 1 is 1.47 bits per heavy atom. The number of hydrogen-bond donors (Lipinski definition) is 3. The predicted molar refractivity (Wildman–Crippen MR) is 70.0 cm³/mol. The fourth-order valence-corrected chi connectivity index (χ4v) is 2.62. The zero-order chi connectivity index (χ0) is 14.0. The zero-order valence-electron chi connectivity index (χ0n) is 9.38. The number of nitriles is 1. The first-order valence-electron chi connectivity index (χ1n) is 4.95. The van der Waals surface area contributed by atoms with E-state index in [0.717, 1.165) is 6.20 Å². The Morgan fingerprint density at radius 2 is 2.21 bits per heavy atom. The maximum absolute atomic E-state index is 12.0. The summed E-state index contributed by atoms with van der Waals surface area (Å²) >= 11 is 5.76. The minimum absolute atomic E-state index is 0.0676. The van der Waals surface area contributed by atoms with Crippen LogP contribution in [0.5, 0.6) is 0 Å². The molecule has 1 heterocycles. The van der Waals surface area contributed by atoms with E-state index in [1.54, 1.807) is 0 Å². The lowest BCUT2D eigenvalue weighted by Gasteiger charge is -2.07. The number of nitrogens with one attached hydrogen (secondary N) is 2. The van der Waals surface area contributed by atoms with Crippen molar-refractivity contribution >= 4 is 33.1 Å². The predicted octanol–water partition coefficient (Wildman–Crippen LogP) is 1.32. The van der Waals surface area contributed by atoms with Crippen molar-refractivity contribution in [2.75, 3.05) is 10.5 Å². The molecule has 0 saturated carbocycles. The fraction of sp³-hybridized carbons (Fsp3) is 0. The number of aromatic nitrogens is 2. The van der Waals surface area contributed by atoms with Gasteiger partial charge in [-0.1, -0.05) is 11.6 Å². The van der Waals surface area contributed by atoms with Crippen molar-refractivity contribution in [1.29, 1.82) is 5.26 Å². The van der Waals surface area contributed by atoms with Crippen molar-refractivity contribution in [3.05, 3.63) is 35.0 Å². The molecule has 0 unspecified atom stereocenters. The van der Waals surface area contributed by atoms with Gasteiger partial charge in [-0.2, -0.15) is 10.4 Å². The van der Waals surface area contributed by atoms with E-state index in [9.17, 15) is 8.42 Å². The monoisotopic (exact) mass is 297 g/mol. The van der Waals surface area contributed by atoms with Crippen LogP contribution in [0.15, 0.2) is 29.3 Å². The second-order valence-electron chi connectivity index (χ2n) is 3.56. The molecule has 19 heavy (non-hydrogen) atoms. The van der Waals surface area contributed by atoms with E-state index in [2.05, 4.69) is 14.9 Å². The number of hydrogen-bond acceptors (Lipinski definition) is 5. The molecule has 9 heteroatoms. The van der Waals surface area contributed by atoms with Crippen LogP contribution in [0.25, 0.3) is 0 Å². The highest BCUT2D eigenvalue weighted by Crippen LogP contribution is 2.23. The number of halogens is 1. The van der Waals surface area contributed by atoms with Crippen LogP contribution in [-0.2, 0) is 10.0 Å². The van der Waals surface area contributed by atoms with Crippen LogP contribution in [0, 0.1) is 11.3 Å². The number of nitrogen functional groups attached to an aromatic ring is 1. The summed E-state index contributed by atoms with van der Waals surface area (Å²) in [4.78, 5) is -0.166. The molecule has 0 spiro atoms. The summed E-state index contributed by atoms with van der Waals surface area (Å²) in [5, 5.41) is 14.9. The Balaban J connectivity index is 2.37. The van der Waals surface area contributed by atoms with Crippen molar-refractivity contribution in [3.8, 4) is 6.07 Å². The number of benzene rings is 1. The molecule has 1 aromatic heterocycles. The van der Waals surface area contributed by atoms with Crippen LogP contribution in [0.3, 0.4) is 0 Å². The standard InChI is InChI=1S/C10H8ClN5O2S/c11-8-2-1-7(3-6(8)4-12)16-19(17,18)9-5-14-15-10(9)13/h1-3,5,16H,(H3,13,14,15). The normalized spacial score (nSPS) is 10.9. The van der Waals surface area contributed by atoms with Gasteiger partial charge in [-0.25, -0.2) is 8.42 Å². The molecular weight excluding hydrogens is 290 g/mol. The summed E-state index contributed by atoms with van der Waals surface area (Å²) < 4.78 is 26.3. The molecule has 0 aliphatic heterocycles. The summed E-state index contributed by atoms with van der Waals surface area (Å²) in [5.41, 5.74) is 5.83. The largest absolute Gasteiger partial charge is 0.383 e. The topological polar surface area (TPSA) is 125 Å². The van der Waals surface area contributed by atoms with Gasteiger partial charge in [0.15, 0.2) is 0 Å². The average molecular weight is 298 g/mol. The Morgan fingerprint density at radius 3 is 2.79 bits per heavy atom. The van der Waals surface area contributed by atoms with E-state index in [4.69, 9.17) is 22.6 Å². The van der Waals surface area contributed by atoms with Crippen molar-refractivity contribution in [2.24, 2.45) is 0 Å². The van der Waals surface area contributed by atoms with Gasteiger partial charge in [0.2, 0.25) is 0 Å². The third-order valence-corrected chi connectivity index (χ3v) is 4.00. The number of aromatic amines is 1. The molecule has 7 nitrogen and oxygen atoms in total. The smallest absolute Gasteiger partial charge is 0.267 e. The van der Waals surface area contributed by atoms with Crippen molar-refractivity contribution in [3.63, 3.8) is 0 Å². The zero-order valence-corrected chi connectivity index (χ0v) is 11.0. The number of sulfonamides is 1. The van der Waals surface area contributed by atoms with Gasteiger partial charge in [-0.05, 0) is 18.2 Å². The summed E-state index contributed by atoms with van der Waals surface area (Å²) in [6.45, 7) is 0. The molecule has 0 bridgehead atoms. The number of nitrogens with two attached hydrogens (primary N) is 1. The van der Waals surface area contributed by atoms with Gasteiger partial charge in [0.1, 0.15) is 16.8 Å². The van der Waals surface area contributed by atoms with Crippen LogP contribution in [-0.4, -0.2) is 18.6 Å². The Labute approximate surface area is 114 Å². The molecule has 0 saturated heterocycles. The maximum atomic E-state index is 12.0. The van der Waals surface area contributed by atoms with Crippen molar-refractivity contribution < 1.29 is 8.42 Å². The Hall–Kier alpha value is -2.24. The van der Waals surface area contributed by atoms with Crippen LogP contribution in [0.1, 0.15) is 5.56 Å². The second kappa shape index (κ2) is 4.79. The molecule has 0 radical (unpaired) electrons. The Bertz CT molecular complexity index is 762. The molecule has 98 valence electrons. The summed E-state index contributed by atoms with van der Waals surface area (Å²) in [5.74, 6) is -0.0676. The van der Waals surface area contributed by atoms with E-state index < -0.39 is 10.0 Å². The summed E-state index contributed by atoms with van der Waals surface area (Å²) in [6.07, 6.45) is 1.10. The third-order valence-electron chi connectivity index (χ3n) is 2.26. The Kier molecular flexibility index (Phi) is 3.33. The van der Waals surface area contributed by atoms with E-state index in [1.165, 1.54) is 18.2 Å². The summed E-state index contributed by atoms with van der Waals surface area (Å²) in [6, 6.07) is 6.06. The molecule has 2 aromatic rings. The first-order valence-corrected chi connectivity index (χ1v) is 6.81. The minimum atomic E-state index is -3.86. The van der Waals surface area contributed by atoms with E-state index in [-0.39, 0.29) is 27.0 Å². The van der Waals surface area contributed by atoms with Gasteiger partial charge in [-0.3, -0.25) is 9.82 Å². The molecule has 0 aliphatic rings. The van der Waals surface area contributed by atoms with Crippen molar-refractivity contribution in [2.45, 2.75) is 4.90 Å². The lowest BCUT2D eigenvalue weighted by molar-refractivity contribution is 0.601. The molecule has 1 aromatic carbocycles. The van der Waals surface area contributed by atoms with Crippen LogP contribution in [0.2, 0.25) is 5.02 Å². The van der Waals surface area contributed by atoms with E-state index in [1.807, 2.05) is 6.07 Å². The molecule has 4 N–H and O–H groups in total. The number of H-pyrrole nitrogens is 1. The van der Waals surface area contributed by atoms with Crippen LogP contribution in [0.4, 0.5) is 11.5 Å². The lowest BCUT2D eigenvalue weighted by Crippen LogP contribution is -2.14. The number of rotatable bonds is 3. The molecule has 0 amide bonds. The van der Waals surface area contributed by atoms with Gasteiger partial charge in [0.05, 0.1) is 22.5 Å². The molecule has 0 aliphatic carbocycles.